The van der Waals surface area contributed by atoms with Crippen molar-refractivity contribution in [2.24, 2.45) is 5.73 Å². The van der Waals surface area contributed by atoms with E-state index in [1.807, 2.05) is 31.2 Å². The van der Waals surface area contributed by atoms with E-state index in [0.29, 0.717) is 13.2 Å². The minimum Gasteiger partial charge on any atom is -0.493 e. The third-order valence-corrected chi connectivity index (χ3v) is 1.81. The maximum atomic E-state index is 5.52. The normalized spacial score (nSPS) is 9.00. The first kappa shape index (κ1) is 10.6. The summed E-state index contributed by atoms with van der Waals surface area (Å²) in [6.45, 7) is 3.01. The molecule has 2 nitrogen and oxygen atoms in total. The molecule has 0 amide bonds. The van der Waals surface area contributed by atoms with Crippen molar-refractivity contribution >= 4 is 0 Å². The van der Waals surface area contributed by atoms with Crippen LogP contribution in [0, 0.1) is 11.8 Å². The lowest BCUT2D eigenvalue weighted by atomic mass is 10.2. The van der Waals surface area contributed by atoms with Crippen LogP contribution in [-0.2, 0) is 6.54 Å². The van der Waals surface area contributed by atoms with E-state index in [1.165, 1.54) is 0 Å². The number of rotatable bonds is 4. The highest BCUT2D eigenvalue weighted by Gasteiger charge is 1.94. The molecule has 0 unspecified atom stereocenters. The Hall–Kier alpha value is -1.46. The van der Waals surface area contributed by atoms with Gasteiger partial charge in [-0.05, 0) is 24.6 Å². The summed E-state index contributed by atoms with van der Waals surface area (Å²) in [4.78, 5) is 0. The maximum Gasteiger partial charge on any atom is 0.119 e. The van der Waals surface area contributed by atoms with Crippen molar-refractivity contribution in [2.45, 2.75) is 19.9 Å². The molecule has 0 saturated heterocycles. The minimum atomic E-state index is 0.548. The zero-order valence-electron chi connectivity index (χ0n) is 8.42. The first-order valence-electron chi connectivity index (χ1n) is 4.68. The SMILES string of the molecule is CC#CCCOc1cccc(CN)c1. The van der Waals surface area contributed by atoms with Gasteiger partial charge in [0.05, 0.1) is 6.61 Å². The van der Waals surface area contributed by atoms with Crippen molar-refractivity contribution in [2.75, 3.05) is 6.61 Å². The molecule has 0 aliphatic carbocycles. The van der Waals surface area contributed by atoms with Crippen LogP contribution in [0.4, 0.5) is 0 Å². The standard InChI is InChI=1S/C12H15NO/c1-2-3-4-8-14-12-7-5-6-11(9-12)10-13/h5-7,9H,4,8,10,13H2,1H3. The topological polar surface area (TPSA) is 35.2 Å². The van der Waals surface area contributed by atoms with Crippen LogP contribution < -0.4 is 10.5 Å². The number of nitrogens with two attached hydrogens (primary N) is 1. The Morgan fingerprint density at radius 3 is 3.00 bits per heavy atom. The lowest BCUT2D eigenvalue weighted by molar-refractivity contribution is 0.327. The molecular formula is C12H15NO. The van der Waals surface area contributed by atoms with Gasteiger partial charge in [0.1, 0.15) is 5.75 Å². The zero-order valence-corrected chi connectivity index (χ0v) is 8.42. The van der Waals surface area contributed by atoms with Crippen LogP contribution >= 0.6 is 0 Å². The minimum absolute atomic E-state index is 0.548. The van der Waals surface area contributed by atoms with Crippen molar-refractivity contribution in [3.8, 4) is 17.6 Å². The summed E-state index contributed by atoms with van der Waals surface area (Å²) in [6, 6.07) is 7.82. The second-order valence-electron chi connectivity index (χ2n) is 2.88. The van der Waals surface area contributed by atoms with Crippen LogP contribution in [0.15, 0.2) is 24.3 Å². The zero-order chi connectivity index (χ0) is 10.2. The monoisotopic (exact) mass is 189 g/mol. The Bertz CT molecular complexity index is 336. The summed E-state index contributed by atoms with van der Waals surface area (Å²) in [5.41, 5.74) is 6.60. The highest BCUT2D eigenvalue weighted by Crippen LogP contribution is 2.12. The summed E-state index contributed by atoms with van der Waals surface area (Å²) in [7, 11) is 0. The predicted octanol–water partition coefficient (Wildman–Crippen LogP) is 1.94. The maximum absolute atomic E-state index is 5.52. The highest BCUT2D eigenvalue weighted by molar-refractivity contribution is 5.28. The summed E-state index contributed by atoms with van der Waals surface area (Å²) >= 11 is 0. The molecule has 1 aromatic carbocycles. The molecule has 14 heavy (non-hydrogen) atoms. The Morgan fingerprint density at radius 1 is 1.43 bits per heavy atom. The van der Waals surface area contributed by atoms with Crippen LogP contribution in [0.5, 0.6) is 5.75 Å². The number of hydrogen-bond donors (Lipinski definition) is 1. The van der Waals surface area contributed by atoms with Gasteiger partial charge in [0.25, 0.3) is 0 Å². The number of benzene rings is 1. The first-order chi connectivity index (χ1) is 6.86. The molecule has 0 bridgehead atoms. The van der Waals surface area contributed by atoms with E-state index in [-0.39, 0.29) is 0 Å². The Balaban J connectivity index is 2.44. The average molecular weight is 189 g/mol. The Kier molecular flexibility index (Phi) is 4.60. The van der Waals surface area contributed by atoms with Gasteiger partial charge in [-0.25, -0.2) is 0 Å². The molecule has 0 saturated carbocycles. The third kappa shape index (κ3) is 3.51. The molecular weight excluding hydrogens is 174 g/mol. The molecule has 2 N–H and O–H groups in total. The van der Waals surface area contributed by atoms with Gasteiger partial charge in [-0.1, -0.05) is 12.1 Å². The molecule has 0 spiro atoms. The Labute approximate surface area is 85.1 Å². The fraction of sp³-hybridized carbons (Fsp3) is 0.333. The van der Waals surface area contributed by atoms with Crippen LogP contribution in [0.3, 0.4) is 0 Å². The van der Waals surface area contributed by atoms with Crippen molar-refractivity contribution in [3.05, 3.63) is 29.8 Å². The van der Waals surface area contributed by atoms with Gasteiger partial charge in [-0.3, -0.25) is 0 Å². The van der Waals surface area contributed by atoms with Gasteiger partial charge < -0.3 is 10.5 Å². The summed E-state index contributed by atoms with van der Waals surface area (Å²) < 4.78 is 5.49. The average Bonchev–Trinajstić information content (AvgIpc) is 2.25. The summed E-state index contributed by atoms with van der Waals surface area (Å²) in [6.07, 6.45) is 0.767. The molecule has 74 valence electrons. The second kappa shape index (κ2) is 6.06. The molecule has 2 heteroatoms. The van der Waals surface area contributed by atoms with Gasteiger partial charge in [0.2, 0.25) is 0 Å². The van der Waals surface area contributed by atoms with Gasteiger partial charge in [-0.15, -0.1) is 11.8 Å². The third-order valence-electron chi connectivity index (χ3n) is 1.81. The summed E-state index contributed by atoms with van der Waals surface area (Å²) in [5, 5.41) is 0. The van der Waals surface area contributed by atoms with Gasteiger partial charge in [0, 0.05) is 13.0 Å². The molecule has 1 rings (SSSR count). The van der Waals surface area contributed by atoms with Crippen LogP contribution in [0.2, 0.25) is 0 Å². The molecule has 0 aliphatic heterocycles. The van der Waals surface area contributed by atoms with Crippen LogP contribution in [-0.4, -0.2) is 6.61 Å². The van der Waals surface area contributed by atoms with E-state index in [0.717, 1.165) is 17.7 Å². The second-order valence-corrected chi connectivity index (χ2v) is 2.88. The van der Waals surface area contributed by atoms with Gasteiger partial charge in [0.15, 0.2) is 0 Å². The Morgan fingerprint density at radius 2 is 2.29 bits per heavy atom. The van der Waals surface area contributed by atoms with Crippen molar-refractivity contribution in [1.82, 2.24) is 0 Å². The van der Waals surface area contributed by atoms with Gasteiger partial charge >= 0.3 is 0 Å². The fourth-order valence-electron chi connectivity index (χ4n) is 1.11. The van der Waals surface area contributed by atoms with E-state index in [1.54, 1.807) is 0 Å². The summed E-state index contributed by atoms with van der Waals surface area (Å²) in [5.74, 6) is 6.64. The van der Waals surface area contributed by atoms with Crippen molar-refractivity contribution < 1.29 is 4.74 Å². The number of ether oxygens (including phenoxy) is 1. The van der Waals surface area contributed by atoms with E-state index < -0.39 is 0 Å². The smallest absolute Gasteiger partial charge is 0.119 e. The van der Waals surface area contributed by atoms with Crippen molar-refractivity contribution in [1.29, 1.82) is 0 Å². The van der Waals surface area contributed by atoms with Crippen molar-refractivity contribution in [3.63, 3.8) is 0 Å². The largest absolute Gasteiger partial charge is 0.493 e. The highest BCUT2D eigenvalue weighted by atomic mass is 16.5. The molecule has 0 aromatic heterocycles. The molecule has 0 heterocycles. The van der Waals surface area contributed by atoms with Crippen LogP contribution in [0.1, 0.15) is 18.9 Å². The van der Waals surface area contributed by atoms with E-state index in [9.17, 15) is 0 Å². The fourth-order valence-corrected chi connectivity index (χ4v) is 1.11. The van der Waals surface area contributed by atoms with Gasteiger partial charge in [-0.2, -0.15) is 0 Å². The molecule has 1 aromatic rings. The molecule has 0 atom stereocenters. The molecule has 0 fully saturated rings. The first-order valence-corrected chi connectivity index (χ1v) is 4.68. The van der Waals surface area contributed by atoms with E-state index in [2.05, 4.69) is 11.8 Å². The quantitative estimate of drug-likeness (QED) is 0.580. The lowest BCUT2D eigenvalue weighted by Gasteiger charge is -2.04. The van der Waals surface area contributed by atoms with E-state index >= 15 is 0 Å². The number of hydrogen-bond acceptors (Lipinski definition) is 2. The predicted molar refractivity (Wildman–Crippen MR) is 57.9 cm³/mol. The molecule has 0 aliphatic rings. The van der Waals surface area contributed by atoms with Crippen LogP contribution in [0.25, 0.3) is 0 Å². The van der Waals surface area contributed by atoms with E-state index in [4.69, 9.17) is 10.5 Å². The lowest BCUT2D eigenvalue weighted by Crippen LogP contribution is -1.99. The molecule has 0 radical (unpaired) electrons.